The molecule has 176 valence electrons. The number of rotatable bonds is 6. The average Bonchev–Trinajstić information content (AvgIpc) is 2.87. The standard InChI is InChI=1S/C28H24N2O3S2/c1-20-11-16-26-25(17-20)24-9-5-6-10-27(24)35(32,33)30(26)18-28(31)29-22-14-12-21(13-15-22)19-34-23-7-3-2-4-8-23/h2-17H,18-19H2,1H3,(H,29,31). The van der Waals surface area contributed by atoms with Crippen LogP contribution < -0.4 is 9.62 Å². The molecule has 4 aromatic rings. The molecule has 0 radical (unpaired) electrons. The van der Waals surface area contributed by atoms with E-state index in [1.54, 1.807) is 36.0 Å². The van der Waals surface area contributed by atoms with Gasteiger partial charge in [0.25, 0.3) is 10.0 Å². The summed E-state index contributed by atoms with van der Waals surface area (Å²) in [5.41, 5.74) is 4.76. The van der Waals surface area contributed by atoms with Gasteiger partial charge in [-0.1, -0.05) is 60.2 Å². The molecule has 1 heterocycles. The van der Waals surface area contributed by atoms with Gasteiger partial charge in [-0.3, -0.25) is 9.10 Å². The number of hydrogen-bond acceptors (Lipinski definition) is 4. The number of thioether (sulfide) groups is 1. The SMILES string of the molecule is Cc1ccc2c(c1)-c1ccccc1S(=O)(=O)N2CC(=O)Nc1ccc(CSc2ccccc2)cc1. The van der Waals surface area contributed by atoms with E-state index >= 15 is 0 Å². The van der Waals surface area contributed by atoms with Gasteiger partial charge in [0.15, 0.2) is 0 Å². The predicted octanol–water partition coefficient (Wildman–Crippen LogP) is 6.10. The summed E-state index contributed by atoms with van der Waals surface area (Å²) in [5, 5.41) is 2.84. The molecule has 0 spiro atoms. The summed E-state index contributed by atoms with van der Waals surface area (Å²) >= 11 is 1.74. The molecular weight excluding hydrogens is 476 g/mol. The third-order valence-corrected chi connectivity index (χ3v) is 8.74. The van der Waals surface area contributed by atoms with Gasteiger partial charge in [0.2, 0.25) is 5.91 Å². The molecular formula is C28H24N2O3S2. The van der Waals surface area contributed by atoms with Crippen molar-refractivity contribution in [2.45, 2.75) is 22.5 Å². The third kappa shape index (κ3) is 4.83. The van der Waals surface area contributed by atoms with Crippen molar-refractivity contribution in [3.8, 4) is 11.1 Å². The number of carbonyl (C=O) groups excluding carboxylic acids is 1. The summed E-state index contributed by atoms with van der Waals surface area (Å²) in [4.78, 5) is 14.3. The smallest absolute Gasteiger partial charge is 0.265 e. The number of carbonyl (C=O) groups is 1. The number of nitrogens with one attached hydrogen (secondary N) is 1. The van der Waals surface area contributed by atoms with E-state index in [-0.39, 0.29) is 11.4 Å². The number of aryl methyl sites for hydroxylation is 1. The molecule has 0 saturated heterocycles. The lowest BCUT2D eigenvalue weighted by atomic mass is 10.0. The van der Waals surface area contributed by atoms with Crippen LogP contribution in [0.15, 0.2) is 107 Å². The summed E-state index contributed by atoms with van der Waals surface area (Å²) < 4.78 is 28.0. The van der Waals surface area contributed by atoms with E-state index in [4.69, 9.17) is 0 Å². The molecule has 1 aliphatic rings. The van der Waals surface area contributed by atoms with E-state index < -0.39 is 15.9 Å². The highest BCUT2D eigenvalue weighted by molar-refractivity contribution is 7.98. The first-order valence-corrected chi connectivity index (χ1v) is 13.6. The molecule has 0 saturated carbocycles. The molecule has 35 heavy (non-hydrogen) atoms. The Bertz CT molecular complexity index is 1480. The summed E-state index contributed by atoms with van der Waals surface area (Å²) in [7, 11) is -3.87. The van der Waals surface area contributed by atoms with Gasteiger partial charge in [-0.15, -0.1) is 11.8 Å². The minimum absolute atomic E-state index is 0.214. The van der Waals surface area contributed by atoms with Gasteiger partial charge in [0, 0.05) is 27.5 Å². The second-order valence-electron chi connectivity index (χ2n) is 8.38. The summed E-state index contributed by atoms with van der Waals surface area (Å²) in [6, 6.07) is 30.3. The van der Waals surface area contributed by atoms with Crippen LogP contribution in [-0.4, -0.2) is 20.9 Å². The largest absolute Gasteiger partial charge is 0.325 e. The highest BCUT2D eigenvalue weighted by atomic mass is 32.2. The number of nitrogens with zero attached hydrogens (tertiary/aromatic N) is 1. The van der Waals surface area contributed by atoms with E-state index in [1.165, 1.54) is 9.20 Å². The Morgan fingerprint density at radius 1 is 0.857 bits per heavy atom. The maximum atomic E-state index is 13.4. The molecule has 0 unspecified atom stereocenters. The van der Waals surface area contributed by atoms with Crippen LogP contribution in [0.2, 0.25) is 0 Å². The lowest BCUT2D eigenvalue weighted by Crippen LogP contribution is -2.40. The Balaban J connectivity index is 1.32. The fraction of sp³-hybridized carbons (Fsp3) is 0.107. The molecule has 0 aromatic heterocycles. The number of sulfonamides is 1. The van der Waals surface area contributed by atoms with Crippen LogP contribution in [0.25, 0.3) is 11.1 Å². The number of amides is 1. The first-order valence-electron chi connectivity index (χ1n) is 11.2. The summed E-state index contributed by atoms with van der Waals surface area (Å²) in [6.07, 6.45) is 0. The fourth-order valence-corrected chi connectivity index (χ4v) is 6.64. The molecule has 5 rings (SSSR count). The number of anilines is 2. The molecule has 4 aromatic carbocycles. The van der Waals surface area contributed by atoms with Crippen LogP contribution in [0.4, 0.5) is 11.4 Å². The van der Waals surface area contributed by atoms with Crippen molar-refractivity contribution in [1.29, 1.82) is 0 Å². The van der Waals surface area contributed by atoms with Crippen LogP contribution in [0.5, 0.6) is 0 Å². The van der Waals surface area contributed by atoms with E-state index in [1.807, 2.05) is 67.6 Å². The van der Waals surface area contributed by atoms with Crippen molar-refractivity contribution in [2.75, 3.05) is 16.2 Å². The highest BCUT2D eigenvalue weighted by Crippen LogP contribution is 2.43. The zero-order valence-electron chi connectivity index (χ0n) is 19.1. The number of fused-ring (bicyclic) bond motifs is 3. The lowest BCUT2D eigenvalue weighted by molar-refractivity contribution is -0.114. The Morgan fingerprint density at radius 2 is 1.57 bits per heavy atom. The third-order valence-electron chi connectivity index (χ3n) is 5.84. The average molecular weight is 501 g/mol. The van der Waals surface area contributed by atoms with E-state index in [9.17, 15) is 13.2 Å². The highest BCUT2D eigenvalue weighted by Gasteiger charge is 2.35. The fourth-order valence-electron chi connectivity index (χ4n) is 4.11. The Labute approximate surface area is 209 Å². The monoisotopic (exact) mass is 500 g/mol. The first-order chi connectivity index (χ1) is 16.9. The van der Waals surface area contributed by atoms with Crippen molar-refractivity contribution < 1.29 is 13.2 Å². The molecule has 7 heteroatoms. The van der Waals surface area contributed by atoms with Gasteiger partial charge in [0.05, 0.1) is 10.6 Å². The van der Waals surface area contributed by atoms with Crippen LogP contribution >= 0.6 is 11.8 Å². The van der Waals surface area contributed by atoms with Gasteiger partial charge in [-0.05, 0) is 55.0 Å². The van der Waals surface area contributed by atoms with Crippen LogP contribution in [-0.2, 0) is 20.6 Å². The maximum absolute atomic E-state index is 13.4. The normalized spacial score (nSPS) is 13.6. The molecule has 0 aliphatic carbocycles. The second-order valence-corrected chi connectivity index (χ2v) is 11.3. The van der Waals surface area contributed by atoms with Gasteiger partial charge in [0.1, 0.15) is 6.54 Å². The molecule has 5 nitrogen and oxygen atoms in total. The predicted molar refractivity (Wildman–Crippen MR) is 142 cm³/mol. The van der Waals surface area contributed by atoms with E-state index in [0.717, 1.165) is 22.4 Å². The van der Waals surface area contributed by atoms with Crippen LogP contribution in [0, 0.1) is 6.92 Å². The minimum atomic E-state index is -3.87. The van der Waals surface area contributed by atoms with E-state index in [0.29, 0.717) is 16.9 Å². The maximum Gasteiger partial charge on any atom is 0.265 e. The zero-order chi connectivity index (χ0) is 24.4. The van der Waals surface area contributed by atoms with Crippen molar-refractivity contribution in [2.24, 2.45) is 0 Å². The molecule has 1 N–H and O–H groups in total. The van der Waals surface area contributed by atoms with Gasteiger partial charge in [-0.2, -0.15) is 0 Å². The Kier molecular flexibility index (Phi) is 6.36. The molecule has 0 atom stereocenters. The number of hydrogen-bond donors (Lipinski definition) is 1. The van der Waals surface area contributed by atoms with Gasteiger partial charge >= 0.3 is 0 Å². The topological polar surface area (TPSA) is 66.5 Å². The Hall–Kier alpha value is -3.55. The Morgan fingerprint density at radius 3 is 2.34 bits per heavy atom. The van der Waals surface area contributed by atoms with E-state index in [2.05, 4.69) is 17.4 Å². The molecule has 0 fully saturated rings. The lowest BCUT2D eigenvalue weighted by Gasteiger charge is -2.31. The van der Waals surface area contributed by atoms with Gasteiger partial charge < -0.3 is 5.32 Å². The van der Waals surface area contributed by atoms with Crippen molar-refractivity contribution in [3.63, 3.8) is 0 Å². The quantitative estimate of drug-likeness (QED) is 0.325. The first kappa shape index (κ1) is 23.2. The van der Waals surface area contributed by atoms with Gasteiger partial charge in [-0.25, -0.2) is 8.42 Å². The summed E-state index contributed by atoms with van der Waals surface area (Å²) in [5.74, 6) is 0.422. The second kappa shape index (κ2) is 9.60. The zero-order valence-corrected chi connectivity index (χ0v) is 20.8. The van der Waals surface area contributed by atoms with Crippen LogP contribution in [0.3, 0.4) is 0 Å². The summed E-state index contributed by atoms with van der Waals surface area (Å²) in [6.45, 7) is 1.66. The molecule has 1 amide bonds. The van der Waals surface area contributed by atoms with Crippen molar-refractivity contribution in [3.05, 3.63) is 108 Å². The minimum Gasteiger partial charge on any atom is -0.325 e. The van der Waals surface area contributed by atoms with Crippen molar-refractivity contribution >= 4 is 39.1 Å². The van der Waals surface area contributed by atoms with Crippen LogP contribution in [0.1, 0.15) is 11.1 Å². The molecule has 0 bridgehead atoms. The van der Waals surface area contributed by atoms with Crippen molar-refractivity contribution in [1.82, 2.24) is 0 Å². The number of benzene rings is 4. The molecule has 1 aliphatic heterocycles.